The quantitative estimate of drug-likeness (QED) is 0.808. The summed E-state index contributed by atoms with van der Waals surface area (Å²) in [7, 11) is 2.15. The van der Waals surface area contributed by atoms with E-state index in [1.54, 1.807) is 12.3 Å². The summed E-state index contributed by atoms with van der Waals surface area (Å²) in [4.78, 5) is 22.5. The third-order valence-electron chi connectivity index (χ3n) is 5.26. The van der Waals surface area contributed by atoms with Crippen molar-refractivity contribution in [2.45, 2.75) is 6.92 Å². The molecule has 0 aromatic carbocycles. The minimum absolute atomic E-state index is 0.268. The number of rotatable bonds is 3. The first kappa shape index (κ1) is 17.9. The van der Waals surface area contributed by atoms with Gasteiger partial charge in [0.2, 0.25) is 5.95 Å². The van der Waals surface area contributed by atoms with Gasteiger partial charge in [-0.2, -0.15) is 4.98 Å². The van der Waals surface area contributed by atoms with Crippen LogP contribution in [-0.2, 0) is 0 Å². The number of piperazine rings is 2. The fourth-order valence-electron chi connectivity index (χ4n) is 3.60. The molecule has 27 heavy (non-hydrogen) atoms. The highest BCUT2D eigenvalue weighted by Gasteiger charge is 2.23. The summed E-state index contributed by atoms with van der Waals surface area (Å²) in [6.07, 6.45) is 1.64. The van der Waals surface area contributed by atoms with Gasteiger partial charge in [-0.05, 0) is 26.1 Å². The van der Waals surface area contributed by atoms with Crippen LogP contribution in [0, 0.1) is 12.7 Å². The molecule has 2 aromatic heterocycles. The molecule has 0 saturated carbocycles. The van der Waals surface area contributed by atoms with E-state index < -0.39 is 0 Å². The molecule has 4 rings (SSSR count). The highest BCUT2D eigenvalue weighted by Crippen LogP contribution is 2.22. The first-order valence-electron chi connectivity index (χ1n) is 9.50. The predicted octanol–water partition coefficient (Wildman–Crippen LogP) is 1.40. The topological polar surface area (TPSA) is 51.6 Å². The highest BCUT2D eigenvalue weighted by atomic mass is 19.1. The summed E-state index contributed by atoms with van der Waals surface area (Å²) in [6.45, 7) is 9.00. The van der Waals surface area contributed by atoms with Crippen LogP contribution in [-0.4, -0.2) is 79.3 Å². The third kappa shape index (κ3) is 3.95. The number of aromatic nitrogens is 3. The zero-order valence-corrected chi connectivity index (χ0v) is 16.0. The minimum Gasteiger partial charge on any atom is -0.354 e. The molecule has 2 saturated heterocycles. The van der Waals surface area contributed by atoms with Crippen LogP contribution in [0.3, 0.4) is 0 Å². The van der Waals surface area contributed by atoms with Gasteiger partial charge in [0.25, 0.3) is 0 Å². The van der Waals surface area contributed by atoms with Crippen molar-refractivity contribution in [3.05, 3.63) is 35.9 Å². The molecule has 0 atom stereocenters. The summed E-state index contributed by atoms with van der Waals surface area (Å²) in [5, 5.41) is 0. The average Bonchev–Trinajstić information content (AvgIpc) is 2.69. The van der Waals surface area contributed by atoms with Gasteiger partial charge in [-0.3, -0.25) is 0 Å². The fourth-order valence-corrected chi connectivity index (χ4v) is 3.60. The molecule has 144 valence electrons. The molecule has 0 radical (unpaired) electrons. The molecule has 4 heterocycles. The Morgan fingerprint density at radius 3 is 2.26 bits per heavy atom. The molecule has 0 aliphatic carbocycles. The number of aryl methyl sites for hydroxylation is 1. The Morgan fingerprint density at radius 2 is 1.56 bits per heavy atom. The van der Waals surface area contributed by atoms with Gasteiger partial charge in [-0.15, -0.1) is 0 Å². The predicted molar refractivity (Wildman–Crippen MR) is 105 cm³/mol. The van der Waals surface area contributed by atoms with Crippen molar-refractivity contribution in [3.63, 3.8) is 0 Å². The Labute approximate surface area is 159 Å². The molecular weight excluding hydrogens is 345 g/mol. The van der Waals surface area contributed by atoms with Crippen molar-refractivity contribution >= 4 is 17.6 Å². The second-order valence-corrected chi connectivity index (χ2v) is 7.24. The second kappa shape index (κ2) is 7.64. The fraction of sp³-hybridized carbons (Fsp3) is 0.526. The molecule has 2 aliphatic rings. The molecule has 2 aliphatic heterocycles. The normalized spacial score (nSPS) is 18.9. The lowest BCUT2D eigenvalue weighted by molar-refractivity contribution is 0.312. The maximum absolute atomic E-state index is 14.0. The van der Waals surface area contributed by atoms with Gasteiger partial charge < -0.3 is 19.6 Å². The number of halogens is 1. The second-order valence-electron chi connectivity index (χ2n) is 7.24. The Morgan fingerprint density at radius 1 is 0.889 bits per heavy atom. The van der Waals surface area contributed by atoms with E-state index >= 15 is 0 Å². The minimum atomic E-state index is -0.268. The van der Waals surface area contributed by atoms with E-state index in [-0.39, 0.29) is 5.82 Å². The number of hydrogen-bond acceptors (Lipinski definition) is 7. The van der Waals surface area contributed by atoms with Crippen LogP contribution in [0.5, 0.6) is 0 Å². The van der Waals surface area contributed by atoms with Crippen LogP contribution in [0.25, 0.3) is 0 Å². The molecule has 0 amide bonds. The van der Waals surface area contributed by atoms with Gasteiger partial charge in [-0.25, -0.2) is 14.4 Å². The number of pyridine rings is 1. The van der Waals surface area contributed by atoms with Crippen molar-refractivity contribution in [2.75, 3.05) is 74.1 Å². The largest absolute Gasteiger partial charge is 0.354 e. The standard InChI is InChI=1S/C19H26FN7/c1-15-14-17(25-8-6-24(2)7-9-25)23-19(22-15)27-12-10-26(11-13-27)18-16(20)4-3-5-21-18/h3-5,14H,6-13H2,1-2H3. The number of anilines is 3. The van der Waals surface area contributed by atoms with Gasteiger partial charge in [0, 0.05) is 70.3 Å². The lowest BCUT2D eigenvalue weighted by Crippen LogP contribution is -2.48. The van der Waals surface area contributed by atoms with Crippen LogP contribution in [0.2, 0.25) is 0 Å². The molecule has 8 heteroatoms. The van der Waals surface area contributed by atoms with Gasteiger partial charge in [0.05, 0.1) is 0 Å². The maximum atomic E-state index is 14.0. The Balaban J connectivity index is 1.46. The summed E-state index contributed by atoms with van der Waals surface area (Å²) in [6, 6.07) is 5.14. The Hall–Kier alpha value is -2.48. The molecule has 0 N–H and O–H groups in total. The number of likely N-dealkylation sites (N-methyl/N-ethyl adjacent to an activating group) is 1. The van der Waals surface area contributed by atoms with Gasteiger partial charge in [0.1, 0.15) is 5.82 Å². The Bertz CT molecular complexity index is 783. The lowest BCUT2D eigenvalue weighted by Gasteiger charge is -2.36. The molecule has 7 nitrogen and oxygen atoms in total. The summed E-state index contributed by atoms with van der Waals surface area (Å²) in [5.41, 5.74) is 0.979. The summed E-state index contributed by atoms with van der Waals surface area (Å²) >= 11 is 0. The lowest BCUT2D eigenvalue weighted by atomic mass is 10.3. The van der Waals surface area contributed by atoms with Crippen LogP contribution in [0.1, 0.15) is 5.69 Å². The number of nitrogens with zero attached hydrogens (tertiary/aromatic N) is 7. The Kier molecular flexibility index (Phi) is 5.07. The van der Waals surface area contributed by atoms with Crippen molar-refractivity contribution in [1.29, 1.82) is 0 Å². The van der Waals surface area contributed by atoms with Crippen molar-refractivity contribution in [3.8, 4) is 0 Å². The maximum Gasteiger partial charge on any atom is 0.227 e. The SMILES string of the molecule is Cc1cc(N2CCN(C)CC2)nc(N2CCN(c3ncccc3F)CC2)n1. The van der Waals surface area contributed by atoms with Crippen molar-refractivity contribution in [2.24, 2.45) is 0 Å². The van der Waals surface area contributed by atoms with E-state index in [1.165, 1.54) is 6.07 Å². The van der Waals surface area contributed by atoms with Crippen LogP contribution in [0.4, 0.5) is 22.0 Å². The third-order valence-corrected chi connectivity index (χ3v) is 5.26. The average molecular weight is 371 g/mol. The highest BCUT2D eigenvalue weighted by molar-refractivity contribution is 5.48. The van der Waals surface area contributed by atoms with E-state index in [2.05, 4.69) is 37.8 Å². The molecular formula is C19H26FN7. The summed E-state index contributed by atoms with van der Waals surface area (Å²) in [5.74, 6) is 1.93. The van der Waals surface area contributed by atoms with E-state index in [1.807, 2.05) is 11.8 Å². The zero-order chi connectivity index (χ0) is 18.8. The molecule has 0 unspecified atom stereocenters. The van der Waals surface area contributed by atoms with Crippen LogP contribution < -0.4 is 14.7 Å². The first-order chi connectivity index (χ1) is 13.1. The molecule has 2 aromatic rings. The smallest absolute Gasteiger partial charge is 0.227 e. The van der Waals surface area contributed by atoms with E-state index in [0.29, 0.717) is 18.9 Å². The molecule has 0 spiro atoms. The van der Waals surface area contributed by atoms with E-state index in [9.17, 15) is 4.39 Å². The zero-order valence-electron chi connectivity index (χ0n) is 16.0. The monoisotopic (exact) mass is 371 g/mol. The molecule has 2 fully saturated rings. The van der Waals surface area contributed by atoms with Gasteiger partial charge in [-0.1, -0.05) is 0 Å². The van der Waals surface area contributed by atoms with E-state index in [4.69, 9.17) is 4.98 Å². The van der Waals surface area contributed by atoms with Crippen molar-refractivity contribution < 1.29 is 4.39 Å². The van der Waals surface area contributed by atoms with Gasteiger partial charge >= 0.3 is 0 Å². The van der Waals surface area contributed by atoms with Crippen LogP contribution in [0.15, 0.2) is 24.4 Å². The first-order valence-corrected chi connectivity index (χ1v) is 9.50. The van der Waals surface area contributed by atoms with E-state index in [0.717, 1.165) is 56.7 Å². The van der Waals surface area contributed by atoms with Crippen molar-refractivity contribution in [1.82, 2.24) is 19.9 Å². The van der Waals surface area contributed by atoms with Gasteiger partial charge in [0.15, 0.2) is 11.6 Å². The number of hydrogen-bond donors (Lipinski definition) is 0. The summed E-state index contributed by atoms with van der Waals surface area (Å²) < 4.78 is 14.0. The molecule has 0 bridgehead atoms. The van der Waals surface area contributed by atoms with Crippen LogP contribution >= 0.6 is 0 Å².